The molecule has 132 valence electrons. The minimum atomic E-state index is -3.62. The first kappa shape index (κ1) is 18.4. The fraction of sp³-hybridized carbons (Fsp3) is 0.500. The van der Waals surface area contributed by atoms with Gasteiger partial charge in [0.2, 0.25) is 10.0 Å². The van der Waals surface area contributed by atoms with Crippen LogP contribution in [-0.4, -0.2) is 44.3 Å². The van der Waals surface area contributed by atoms with Gasteiger partial charge in [-0.15, -0.1) is 0 Å². The first-order valence-electron chi connectivity index (χ1n) is 7.95. The van der Waals surface area contributed by atoms with E-state index in [1.165, 1.54) is 10.4 Å². The van der Waals surface area contributed by atoms with E-state index in [0.29, 0.717) is 18.7 Å². The van der Waals surface area contributed by atoms with Gasteiger partial charge >= 0.3 is 11.9 Å². The van der Waals surface area contributed by atoms with Crippen LogP contribution < -0.4 is 5.32 Å². The van der Waals surface area contributed by atoms with E-state index in [-0.39, 0.29) is 17.2 Å². The fourth-order valence-corrected chi connectivity index (χ4v) is 4.35. The highest BCUT2D eigenvalue weighted by atomic mass is 32.2. The summed E-state index contributed by atoms with van der Waals surface area (Å²) in [7, 11) is -3.62. The molecule has 0 spiro atoms. The van der Waals surface area contributed by atoms with Crippen molar-refractivity contribution in [3.63, 3.8) is 0 Å². The van der Waals surface area contributed by atoms with Crippen molar-refractivity contribution >= 4 is 27.6 Å². The maximum atomic E-state index is 12.8. The Balaban J connectivity index is 2.25. The van der Waals surface area contributed by atoms with Gasteiger partial charge in [0.15, 0.2) is 0 Å². The molecular weight excluding hydrogens is 332 g/mol. The number of nitrogens with zero attached hydrogens (tertiary/aromatic N) is 1. The summed E-state index contributed by atoms with van der Waals surface area (Å²) in [6.07, 6.45) is 2.72. The van der Waals surface area contributed by atoms with Crippen LogP contribution in [0.3, 0.4) is 0 Å². The number of rotatable bonds is 4. The van der Waals surface area contributed by atoms with Gasteiger partial charge in [0.05, 0.1) is 11.5 Å². The smallest absolute Gasteiger partial charge is 0.397 e. The first-order valence-corrected chi connectivity index (χ1v) is 9.39. The number of piperidine rings is 1. The van der Waals surface area contributed by atoms with Crippen LogP contribution in [0.25, 0.3) is 0 Å². The molecule has 1 amide bonds. The minimum Gasteiger partial charge on any atom is -0.459 e. The number of sulfonamides is 1. The Kier molecular flexibility index (Phi) is 5.95. The van der Waals surface area contributed by atoms with Crippen LogP contribution in [0.2, 0.25) is 0 Å². The number of hydrogen-bond acceptors (Lipinski definition) is 5. The van der Waals surface area contributed by atoms with Crippen molar-refractivity contribution in [2.75, 3.05) is 25.0 Å². The van der Waals surface area contributed by atoms with Crippen molar-refractivity contribution in [2.24, 2.45) is 0 Å². The minimum absolute atomic E-state index is 0.0920. The molecular formula is C16H22N2O5S. The summed E-state index contributed by atoms with van der Waals surface area (Å²) >= 11 is 0. The third-order valence-electron chi connectivity index (χ3n) is 3.84. The van der Waals surface area contributed by atoms with Crippen molar-refractivity contribution in [2.45, 2.75) is 38.0 Å². The van der Waals surface area contributed by atoms with Crippen LogP contribution in [0.1, 0.15) is 31.7 Å². The largest absolute Gasteiger partial charge is 0.459 e. The van der Waals surface area contributed by atoms with Gasteiger partial charge in [-0.2, -0.15) is 4.31 Å². The van der Waals surface area contributed by atoms with E-state index in [1.807, 2.05) is 0 Å². The van der Waals surface area contributed by atoms with E-state index in [1.54, 1.807) is 26.0 Å². The maximum absolute atomic E-state index is 12.8. The Morgan fingerprint density at radius 1 is 1.21 bits per heavy atom. The molecule has 7 nitrogen and oxygen atoms in total. The second kappa shape index (κ2) is 7.76. The van der Waals surface area contributed by atoms with Crippen LogP contribution in [0.15, 0.2) is 23.1 Å². The summed E-state index contributed by atoms with van der Waals surface area (Å²) < 4.78 is 31.7. The number of esters is 1. The standard InChI is InChI=1S/C16H22N2O5S/c1-3-23-16(20)15(19)17-13-8-7-12(2)14(11-13)24(21,22)18-9-5-4-6-10-18/h7-8,11H,3-6,9-10H2,1-2H3,(H,17,19). The molecule has 1 aromatic rings. The fourth-order valence-electron chi connectivity index (χ4n) is 2.58. The van der Waals surface area contributed by atoms with Crippen LogP contribution in [0, 0.1) is 6.92 Å². The molecule has 0 bridgehead atoms. The summed E-state index contributed by atoms with van der Waals surface area (Å²) in [5.41, 5.74) is 0.837. The molecule has 0 saturated carbocycles. The lowest BCUT2D eigenvalue weighted by atomic mass is 10.2. The lowest BCUT2D eigenvalue weighted by molar-refractivity contribution is -0.152. The van der Waals surface area contributed by atoms with Crippen molar-refractivity contribution in [1.82, 2.24) is 4.31 Å². The molecule has 1 aromatic carbocycles. The van der Waals surface area contributed by atoms with Crippen LogP contribution in [0.5, 0.6) is 0 Å². The molecule has 2 rings (SSSR count). The molecule has 1 saturated heterocycles. The number of anilines is 1. The van der Waals surface area contributed by atoms with Gasteiger partial charge in [-0.05, 0) is 44.4 Å². The van der Waals surface area contributed by atoms with Gasteiger partial charge in [-0.25, -0.2) is 13.2 Å². The highest BCUT2D eigenvalue weighted by Crippen LogP contribution is 2.26. The van der Waals surface area contributed by atoms with Crippen molar-refractivity contribution < 1.29 is 22.7 Å². The Hall–Kier alpha value is -1.93. The predicted octanol–water partition coefficient (Wildman–Crippen LogP) is 1.67. The van der Waals surface area contributed by atoms with Gasteiger partial charge in [0.25, 0.3) is 0 Å². The molecule has 8 heteroatoms. The van der Waals surface area contributed by atoms with Crippen molar-refractivity contribution in [3.05, 3.63) is 23.8 Å². The van der Waals surface area contributed by atoms with E-state index in [2.05, 4.69) is 10.1 Å². The Bertz CT molecular complexity index is 724. The number of aryl methyl sites for hydroxylation is 1. The molecule has 1 aliphatic heterocycles. The highest BCUT2D eigenvalue weighted by molar-refractivity contribution is 7.89. The quantitative estimate of drug-likeness (QED) is 0.656. The average molecular weight is 354 g/mol. The number of nitrogens with one attached hydrogen (secondary N) is 1. The zero-order valence-electron chi connectivity index (χ0n) is 13.9. The Morgan fingerprint density at radius 3 is 2.50 bits per heavy atom. The molecule has 1 heterocycles. The number of carbonyl (C=O) groups is 2. The van der Waals surface area contributed by atoms with Crippen molar-refractivity contribution in [1.29, 1.82) is 0 Å². The van der Waals surface area contributed by atoms with Crippen LogP contribution >= 0.6 is 0 Å². The van der Waals surface area contributed by atoms with E-state index < -0.39 is 21.9 Å². The number of amides is 1. The normalized spacial score (nSPS) is 15.8. The van der Waals surface area contributed by atoms with E-state index in [0.717, 1.165) is 19.3 Å². The summed E-state index contributed by atoms with van der Waals surface area (Å²) in [4.78, 5) is 23.2. The molecule has 1 N–H and O–H groups in total. The maximum Gasteiger partial charge on any atom is 0.397 e. The Labute approximate surface area is 142 Å². The monoisotopic (exact) mass is 354 g/mol. The zero-order valence-corrected chi connectivity index (χ0v) is 14.7. The van der Waals surface area contributed by atoms with E-state index >= 15 is 0 Å². The molecule has 24 heavy (non-hydrogen) atoms. The van der Waals surface area contributed by atoms with Gasteiger partial charge in [0, 0.05) is 18.8 Å². The molecule has 1 aliphatic rings. The topological polar surface area (TPSA) is 92.8 Å². The third kappa shape index (κ3) is 4.12. The first-order chi connectivity index (χ1) is 11.4. The second-order valence-corrected chi connectivity index (χ2v) is 7.53. The summed E-state index contributed by atoms with van der Waals surface area (Å²) in [5.74, 6) is -1.93. The van der Waals surface area contributed by atoms with E-state index in [9.17, 15) is 18.0 Å². The number of benzene rings is 1. The lowest BCUT2D eigenvalue weighted by Gasteiger charge is -2.26. The van der Waals surface area contributed by atoms with Gasteiger partial charge in [-0.1, -0.05) is 12.5 Å². The van der Waals surface area contributed by atoms with Crippen LogP contribution in [0.4, 0.5) is 5.69 Å². The van der Waals surface area contributed by atoms with Gasteiger partial charge < -0.3 is 10.1 Å². The summed E-state index contributed by atoms with van der Waals surface area (Å²) in [6, 6.07) is 4.55. The third-order valence-corrected chi connectivity index (χ3v) is 5.88. The molecule has 1 fully saturated rings. The lowest BCUT2D eigenvalue weighted by Crippen LogP contribution is -2.36. The van der Waals surface area contributed by atoms with Crippen LogP contribution in [-0.2, 0) is 24.3 Å². The SMILES string of the molecule is CCOC(=O)C(=O)Nc1ccc(C)c(S(=O)(=O)N2CCCCC2)c1. The second-order valence-electron chi connectivity index (χ2n) is 5.62. The molecule has 0 radical (unpaired) electrons. The predicted molar refractivity (Wildman–Crippen MR) is 89.1 cm³/mol. The molecule has 0 aliphatic carbocycles. The average Bonchev–Trinajstić information content (AvgIpc) is 2.57. The van der Waals surface area contributed by atoms with E-state index in [4.69, 9.17) is 0 Å². The van der Waals surface area contributed by atoms with Crippen molar-refractivity contribution in [3.8, 4) is 0 Å². The highest BCUT2D eigenvalue weighted by Gasteiger charge is 2.28. The number of carbonyl (C=O) groups excluding carboxylic acids is 2. The number of hydrogen-bond donors (Lipinski definition) is 1. The molecule has 0 aromatic heterocycles. The zero-order chi connectivity index (χ0) is 17.7. The van der Waals surface area contributed by atoms with Gasteiger partial charge in [0.1, 0.15) is 0 Å². The molecule has 0 unspecified atom stereocenters. The summed E-state index contributed by atoms with van der Waals surface area (Å²) in [5, 5.41) is 2.37. The van der Waals surface area contributed by atoms with Gasteiger partial charge in [-0.3, -0.25) is 4.79 Å². The summed E-state index contributed by atoms with van der Waals surface area (Å²) in [6.45, 7) is 4.39. The molecule has 0 atom stereocenters. The number of ether oxygens (including phenoxy) is 1. The Morgan fingerprint density at radius 2 is 1.88 bits per heavy atom.